The van der Waals surface area contributed by atoms with Crippen molar-refractivity contribution in [2.24, 2.45) is 5.84 Å². The fourth-order valence-corrected chi connectivity index (χ4v) is 2.24. The van der Waals surface area contributed by atoms with Gasteiger partial charge in [0, 0.05) is 18.3 Å². The maximum absolute atomic E-state index is 5.70. The van der Waals surface area contributed by atoms with Crippen molar-refractivity contribution in [2.45, 2.75) is 39.3 Å². The van der Waals surface area contributed by atoms with Gasteiger partial charge in [0.1, 0.15) is 0 Å². The molecule has 0 radical (unpaired) electrons. The van der Waals surface area contributed by atoms with Gasteiger partial charge in [0.2, 0.25) is 0 Å². The molecule has 2 aromatic rings. The van der Waals surface area contributed by atoms with E-state index in [1.807, 2.05) is 10.9 Å². The highest BCUT2D eigenvalue weighted by Crippen LogP contribution is 2.19. The van der Waals surface area contributed by atoms with Crippen molar-refractivity contribution in [1.82, 2.24) is 15.2 Å². The van der Waals surface area contributed by atoms with E-state index in [1.54, 1.807) is 0 Å². The lowest BCUT2D eigenvalue weighted by atomic mass is 9.98. The molecular formula is C15H22N4. The number of rotatable bonds is 6. The lowest BCUT2D eigenvalue weighted by Crippen LogP contribution is -2.29. The Hall–Kier alpha value is -1.65. The van der Waals surface area contributed by atoms with E-state index in [-0.39, 0.29) is 6.04 Å². The van der Waals surface area contributed by atoms with Gasteiger partial charge >= 0.3 is 0 Å². The molecule has 2 rings (SSSR count). The molecule has 0 saturated heterocycles. The second-order valence-electron chi connectivity index (χ2n) is 4.89. The summed E-state index contributed by atoms with van der Waals surface area (Å²) in [4.78, 5) is 0. The zero-order chi connectivity index (χ0) is 13.7. The zero-order valence-corrected chi connectivity index (χ0v) is 11.6. The molecule has 1 atom stereocenters. The Kier molecular flexibility index (Phi) is 4.71. The van der Waals surface area contributed by atoms with Crippen LogP contribution in [0.5, 0.6) is 0 Å². The van der Waals surface area contributed by atoms with E-state index in [0.29, 0.717) is 0 Å². The first-order chi connectivity index (χ1) is 9.24. The maximum atomic E-state index is 5.70. The molecule has 0 spiro atoms. The predicted octanol–water partition coefficient (Wildman–Crippen LogP) is 2.35. The summed E-state index contributed by atoms with van der Waals surface area (Å²) in [5.74, 6) is 5.70. The zero-order valence-electron chi connectivity index (χ0n) is 11.6. The SMILES string of the molecule is CCCn1cc(C(Cc2ccccc2C)NN)cn1. The summed E-state index contributed by atoms with van der Waals surface area (Å²) in [5, 5.41) is 4.36. The van der Waals surface area contributed by atoms with Crippen molar-refractivity contribution in [3.8, 4) is 0 Å². The van der Waals surface area contributed by atoms with E-state index in [1.165, 1.54) is 11.1 Å². The van der Waals surface area contributed by atoms with E-state index in [9.17, 15) is 0 Å². The van der Waals surface area contributed by atoms with Crippen molar-refractivity contribution in [1.29, 1.82) is 0 Å². The highest BCUT2D eigenvalue weighted by Gasteiger charge is 2.13. The van der Waals surface area contributed by atoms with Gasteiger partial charge in [0.15, 0.2) is 0 Å². The van der Waals surface area contributed by atoms with Gasteiger partial charge in [-0.25, -0.2) is 0 Å². The Morgan fingerprint density at radius 3 is 2.84 bits per heavy atom. The van der Waals surface area contributed by atoms with Gasteiger partial charge in [-0.15, -0.1) is 0 Å². The second kappa shape index (κ2) is 6.50. The number of hydrogen-bond donors (Lipinski definition) is 2. The van der Waals surface area contributed by atoms with Crippen molar-refractivity contribution in [3.63, 3.8) is 0 Å². The Bertz CT molecular complexity index is 518. The third kappa shape index (κ3) is 3.43. The van der Waals surface area contributed by atoms with Crippen molar-refractivity contribution in [3.05, 3.63) is 53.3 Å². The summed E-state index contributed by atoms with van der Waals surface area (Å²) in [7, 11) is 0. The fraction of sp³-hybridized carbons (Fsp3) is 0.400. The minimum atomic E-state index is 0.103. The van der Waals surface area contributed by atoms with Gasteiger partial charge in [-0.2, -0.15) is 5.10 Å². The van der Waals surface area contributed by atoms with Crippen LogP contribution in [0.1, 0.15) is 36.1 Å². The maximum Gasteiger partial charge on any atom is 0.0538 e. The minimum absolute atomic E-state index is 0.103. The molecule has 0 fully saturated rings. The molecule has 0 saturated carbocycles. The van der Waals surface area contributed by atoms with E-state index < -0.39 is 0 Å². The normalized spacial score (nSPS) is 12.6. The monoisotopic (exact) mass is 258 g/mol. The summed E-state index contributed by atoms with van der Waals surface area (Å²) < 4.78 is 1.97. The van der Waals surface area contributed by atoms with Crippen molar-refractivity contribution in [2.75, 3.05) is 0 Å². The standard InChI is InChI=1S/C15H22N4/c1-3-8-19-11-14(10-17-19)15(18-16)9-13-7-5-4-6-12(13)2/h4-7,10-11,15,18H,3,8-9,16H2,1-2H3. The summed E-state index contributed by atoms with van der Waals surface area (Å²) in [5.41, 5.74) is 6.64. The quantitative estimate of drug-likeness (QED) is 0.617. The van der Waals surface area contributed by atoms with Crippen LogP contribution in [0.25, 0.3) is 0 Å². The number of aromatic nitrogens is 2. The molecular weight excluding hydrogens is 236 g/mol. The molecule has 0 aliphatic carbocycles. The molecule has 3 N–H and O–H groups in total. The Morgan fingerprint density at radius 2 is 2.16 bits per heavy atom. The number of hydrogen-bond acceptors (Lipinski definition) is 3. The van der Waals surface area contributed by atoms with Gasteiger partial charge in [-0.3, -0.25) is 16.0 Å². The fourth-order valence-electron chi connectivity index (χ4n) is 2.24. The van der Waals surface area contributed by atoms with Crippen LogP contribution in [0, 0.1) is 6.92 Å². The Labute approximate surface area is 114 Å². The molecule has 1 heterocycles. The van der Waals surface area contributed by atoms with Crippen LogP contribution < -0.4 is 11.3 Å². The highest BCUT2D eigenvalue weighted by molar-refractivity contribution is 5.28. The Morgan fingerprint density at radius 1 is 1.37 bits per heavy atom. The number of nitrogens with zero attached hydrogens (tertiary/aromatic N) is 2. The molecule has 102 valence electrons. The van der Waals surface area contributed by atoms with Gasteiger partial charge in [-0.05, 0) is 30.9 Å². The molecule has 0 amide bonds. The van der Waals surface area contributed by atoms with Crippen molar-refractivity contribution < 1.29 is 0 Å². The average Bonchev–Trinajstić information content (AvgIpc) is 2.87. The molecule has 4 nitrogen and oxygen atoms in total. The van der Waals surface area contributed by atoms with Crippen LogP contribution >= 0.6 is 0 Å². The summed E-state index contributed by atoms with van der Waals surface area (Å²) >= 11 is 0. The van der Waals surface area contributed by atoms with Gasteiger partial charge in [0.05, 0.1) is 12.2 Å². The van der Waals surface area contributed by atoms with Crippen LogP contribution in [0.2, 0.25) is 0 Å². The summed E-state index contributed by atoms with van der Waals surface area (Å²) in [6.45, 7) is 5.22. The van der Waals surface area contributed by atoms with E-state index in [4.69, 9.17) is 5.84 Å². The van der Waals surface area contributed by atoms with E-state index in [2.05, 4.69) is 54.8 Å². The second-order valence-corrected chi connectivity index (χ2v) is 4.89. The molecule has 0 bridgehead atoms. The van der Waals surface area contributed by atoms with E-state index in [0.717, 1.165) is 24.9 Å². The number of benzene rings is 1. The summed E-state index contributed by atoms with van der Waals surface area (Å²) in [6.07, 6.45) is 5.94. The molecule has 1 unspecified atom stereocenters. The largest absolute Gasteiger partial charge is 0.272 e. The van der Waals surface area contributed by atoms with Gasteiger partial charge < -0.3 is 0 Å². The average molecular weight is 258 g/mol. The molecule has 4 heteroatoms. The molecule has 1 aromatic carbocycles. The lowest BCUT2D eigenvalue weighted by molar-refractivity contribution is 0.547. The summed E-state index contributed by atoms with van der Waals surface area (Å²) in [6, 6.07) is 8.51. The van der Waals surface area contributed by atoms with Crippen LogP contribution in [0.3, 0.4) is 0 Å². The molecule has 19 heavy (non-hydrogen) atoms. The first kappa shape index (κ1) is 13.8. The first-order valence-electron chi connectivity index (χ1n) is 6.77. The Balaban J connectivity index is 2.13. The smallest absolute Gasteiger partial charge is 0.0538 e. The third-order valence-corrected chi connectivity index (χ3v) is 3.39. The predicted molar refractivity (Wildman–Crippen MR) is 77.5 cm³/mol. The highest BCUT2D eigenvalue weighted by atomic mass is 15.3. The van der Waals surface area contributed by atoms with Crippen LogP contribution in [-0.4, -0.2) is 9.78 Å². The van der Waals surface area contributed by atoms with E-state index >= 15 is 0 Å². The van der Waals surface area contributed by atoms with Gasteiger partial charge in [-0.1, -0.05) is 31.2 Å². The first-order valence-corrected chi connectivity index (χ1v) is 6.77. The topological polar surface area (TPSA) is 55.9 Å². The molecule has 0 aliphatic rings. The number of aryl methyl sites for hydroxylation is 2. The number of nitrogens with two attached hydrogens (primary N) is 1. The molecule has 0 aliphatic heterocycles. The number of hydrazine groups is 1. The van der Waals surface area contributed by atoms with Crippen LogP contribution in [-0.2, 0) is 13.0 Å². The minimum Gasteiger partial charge on any atom is -0.272 e. The lowest BCUT2D eigenvalue weighted by Gasteiger charge is -2.15. The van der Waals surface area contributed by atoms with Crippen LogP contribution in [0.15, 0.2) is 36.7 Å². The van der Waals surface area contributed by atoms with Crippen molar-refractivity contribution >= 4 is 0 Å². The molecule has 1 aromatic heterocycles. The third-order valence-electron chi connectivity index (χ3n) is 3.39. The number of nitrogens with one attached hydrogen (secondary N) is 1. The van der Waals surface area contributed by atoms with Gasteiger partial charge in [0.25, 0.3) is 0 Å². The van der Waals surface area contributed by atoms with Crippen LogP contribution in [0.4, 0.5) is 0 Å².